The van der Waals surface area contributed by atoms with E-state index >= 15 is 0 Å². The van der Waals surface area contributed by atoms with Gasteiger partial charge >= 0.3 is 0 Å². The van der Waals surface area contributed by atoms with Crippen LogP contribution in [0.3, 0.4) is 0 Å². The summed E-state index contributed by atoms with van der Waals surface area (Å²) < 4.78 is 2.07. The minimum atomic E-state index is 0.626. The van der Waals surface area contributed by atoms with Gasteiger partial charge in [0.2, 0.25) is 0 Å². The lowest BCUT2D eigenvalue weighted by Crippen LogP contribution is -2.26. The summed E-state index contributed by atoms with van der Waals surface area (Å²) in [5, 5.41) is 0.626. The topological polar surface area (TPSA) is 3.88 Å². The lowest BCUT2D eigenvalue weighted by Gasteiger charge is -2.17. The van der Waals surface area contributed by atoms with Crippen LogP contribution in [0.1, 0.15) is 24.7 Å². The Kier molecular flexibility index (Phi) is 3.79. The highest BCUT2D eigenvalue weighted by Crippen LogP contribution is 2.32. The average Bonchev–Trinajstić information content (AvgIpc) is 2.09. The Morgan fingerprint density at radius 3 is 2.15 bits per heavy atom. The second-order valence-corrected chi connectivity index (χ2v) is 4.68. The Morgan fingerprint density at radius 2 is 1.77 bits per heavy atom. The van der Waals surface area contributed by atoms with Gasteiger partial charge in [0.25, 0.3) is 0 Å². The van der Waals surface area contributed by atoms with Gasteiger partial charge in [-0.3, -0.25) is 0 Å². The van der Waals surface area contributed by atoms with Gasteiger partial charge in [-0.05, 0) is 17.7 Å². The van der Waals surface area contributed by atoms with Gasteiger partial charge in [-0.25, -0.2) is 4.57 Å². The fourth-order valence-corrected chi connectivity index (χ4v) is 2.47. The molecular formula is C11H18NS+. The second kappa shape index (κ2) is 4.66. The molecule has 1 nitrogen and oxygen atoms in total. The Morgan fingerprint density at radius 1 is 1.23 bits per heavy atom. The van der Waals surface area contributed by atoms with E-state index in [4.69, 9.17) is 0 Å². The normalized spacial score (nSPS) is 13.3. The third kappa shape index (κ3) is 2.73. The summed E-state index contributed by atoms with van der Waals surface area (Å²) in [4.78, 5) is 0. The van der Waals surface area contributed by atoms with Gasteiger partial charge in [0.15, 0.2) is 12.4 Å². The van der Waals surface area contributed by atoms with Gasteiger partial charge < -0.3 is 0 Å². The molecule has 0 aromatic carbocycles. The van der Waals surface area contributed by atoms with Crippen LogP contribution in [-0.2, 0) is 7.05 Å². The predicted molar refractivity (Wildman–Crippen MR) is 58.7 cm³/mol. The Bertz CT molecular complexity index is 253. The van der Waals surface area contributed by atoms with E-state index in [2.05, 4.69) is 49.2 Å². The van der Waals surface area contributed by atoms with E-state index in [-0.39, 0.29) is 0 Å². The van der Waals surface area contributed by atoms with Crippen LogP contribution in [0.5, 0.6) is 0 Å². The number of rotatable bonds is 3. The van der Waals surface area contributed by atoms with Crippen LogP contribution in [0.4, 0.5) is 0 Å². The van der Waals surface area contributed by atoms with E-state index in [1.54, 1.807) is 0 Å². The predicted octanol–water partition coefficient (Wildman–Crippen LogP) is 2.57. The summed E-state index contributed by atoms with van der Waals surface area (Å²) in [6.45, 7) is 4.54. The summed E-state index contributed by atoms with van der Waals surface area (Å²) >= 11 is 1.93. The van der Waals surface area contributed by atoms with Crippen molar-refractivity contribution in [1.29, 1.82) is 0 Å². The highest BCUT2D eigenvalue weighted by atomic mass is 32.2. The highest BCUT2D eigenvalue weighted by Gasteiger charge is 2.14. The molecule has 0 spiro atoms. The van der Waals surface area contributed by atoms with Crippen molar-refractivity contribution < 1.29 is 4.57 Å². The smallest absolute Gasteiger partial charge is 0.168 e. The molecule has 0 amide bonds. The van der Waals surface area contributed by atoms with Gasteiger partial charge in [0.1, 0.15) is 7.05 Å². The van der Waals surface area contributed by atoms with Crippen LogP contribution in [0.2, 0.25) is 0 Å². The molecule has 2 heteroatoms. The number of aromatic nitrogens is 1. The summed E-state index contributed by atoms with van der Waals surface area (Å²) in [6, 6.07) is 4.42. The van der Waals surface area contributed by atoms with Crippen molar-refractivity contribution in [3.8, 4) is 0 Å². The average molecular weight is 196 g/mol. The van der Waals surface area contributed by atoms with Crippen LogP contribution >= 0.6 is 11.8 Å². The van der Waals surface area contributed by atoms with Crippen molar-refractivity contribution in [2.75, 3.05) is 6.26 Å². The molecule has 0 fully saturated rings. The first kappa shape index (κ1) is 10.6. The molecular weight excluding hydrogens is 178 g/mol. The SMILES string of the molecule is CSC(c1cc[n+](C)cc1)C(C)C. The van der Waals surface area contributed by atoms with Gasteiger partial charge in [-0.1, -0.05) is 13.8 Å². The molecule has 0 saturated carbocycles. The van der Waals surface area contributed by atoms with E-state index < -0.39 is 0 Å². The van der Waals surface area contributed by atoms with Gasteiger partial charge in [0.05, 0.1) is 0 Å². The molecule has 72 valence electrons. The zero-order valence-corrected chi connectivity index (χ0v) is 9.64. The molecule has 0 aliphatic heterocycles. The molecule has 0 radical (unpaired) electrons. The van der Waals surface area contributed by atoms with Crippen molar-refractivity contribution in [2.45, 2.75) is 19.1 Å². The minimum Gasteiger partial charge on any atom is -0.208 e. The van der Waals surface area contributed by atoms with Crippen molar-refractivity contribution in [1.82, 2.24) is 0 Å². The van der Waals surface area contributed by atoms with E-state index in [9.17, 15) is 0 Å². The van der Waals surface area contributed by atoms with E-state index in [1.165, 1.54) is 5.56 Å². The molecule has 0 bridgehead atoms. The fourth-order valence-electron chi connectivity index (χ4n) is 1.50. The number of pyridine rings is 1. The van der Waals surface area contributed by atoms with Crippen molar-refractivity contribution in [3.63, 3.8) is 0 Å². The van der Waals surface area contributed by atoms with E-state index in [1.807, 2.05) is 18.8 Å². The largest absolute Gasteiger partial charge is 0.208 e. The molecule has 1 aromatic heterocycles. The molecule has 1 heterocycles. The Labute approximate surface area is 85.2 Å². The maximum atomic E-state index is 2.27. The lowest BCUT2D eigenvalue weighted by atomic mass is 10.0. The number of thioether (sulfide) groups is 1. The van der Waals surface area contributed by atoms with Gasteiger partial charge in [0, 0.05) is 17.4 Å². The minimum absolute atomic E-state index is 0.626. The molecule has 1 atom stereocenters. The Balaban J connectivity index is 2.86. The quantitative estimate of drug-likeness (QED) is 0.672. The standard InChI is InChI=1S/C11H18NS/c1-9(2)11(13-4)10-5-7-12(3)8-6-10/h5-9,11H,1-4H3/q+1. The van der Waals surface area contributed by atoms with Crippen LogP contribution in [-0.4, -0.2) is 6.26 Å². The third-order valence-corrected chi connectivity index (χ3v) is 3.52. The number of aryl methyl sites for hydroxylation is 1. The third-order valence-electron chi connectivity index (χ3n) is 2.19. The van der Waals surface area contributed by atoms with Crippen LogP contribution in [0.25, 0.3) is 0 Å². The zero-order valence-electron chi connectivity index (χ0n) is 8.82. The second-order valence-electron chi connectivity index (χ2n) is 3.70. The van der Waals surface area contributed by atoms with Crippen molar-refractivity contribution in [2.24, 2.45) is 13.0 Å². The van der Waals surface area contributed by atoms with Gasteiger partial charge in [-0.2, -0.15) is 11.8 Å². The van der Waals surface area contributed by atoms with Crippen LogP contribution in [0, 0.1) is 5.92 Å². The first-order valence-corrected chi connectivity index (χ1v) is 5.92. The van der Waals surface area contributed by atoms with Gasteiger partial charge in [-0.15, -0.1) is 0 Å². The maximum Gasteiger partial charge on any atom is 0.168 e. The molecule has 1 aromatic rings. The lowest BCUT2D eigenvalue weighted by molar-refractivity contribution is -0.671. The number of hydrogen-bond acceptors (Lipinski definition) is 1. The summed E-state index contributed by atoms with van der Waals surface area (Å²) in [5.74, 6) is 0.697. The summed E-state index contributed by atoms with van der Waals surface area (Å²) in [6.07, 6.45) is 6.40. The molecule has 1 rings (SSSR count). The monoisotopic (exact) mass is 196 g/mol. The first-order chi connectivity index (χ1) is 6.15. The van der Waals surface area contributed by atoms with Crippen LogP contribution in [0.15, 0.2) is 24.5 Å². The maximum absolute atomic E-state index is 2.27. The number of nitrogens with zero attached hydrogens (tertiary/aromatic N) is 1. The molecule has 0 saturated heterocycles. The number of hydrogen-bond donors (Lipinski definition) is 0. The Hall–Kier alpha value is -0.500. The van der Waals surface area contributed by atoms with Crippen molar-refractivity contribution >= 4 is 11.8 Å². The highest BCUT2D eigenvalue weighted by molar-refractivity contribution is 7.98. The first-order valence-electron chi connectivity index (χ1n) is 4.63. The zero-order chi connectivity index (χ0) is 9.84. The molecule has 0 aliphatic rings. The van der Waals surface area contributed by atoms with E-state index in [0.29, 0.717) is 11.2 Å². The van der Waals surface area contributed by atoms with Crippen molar-refractivity contribution in [3.05, 3.63) is 30.1 Å². The fraction of sp³-hybridized carbons (Fsp3) is 0.545. The van der Waals surface area contributed by atoms with Crippen LogP contribution < -0.4 is 4.57 Å². The van der Waals surface area contributed by atoms with E-state index in [0.717, 1.165) is 0 Å². The molecule has 0 aliphatic carbocycles. The molecule has 13 heavy (non-hydrogen) atoms. The molecule has 0 N–H and O–H groups in total. The summed E-state index contributed by atoms with van der Waals surface area (Å²) in [7, 11) is 2.05. The summed E-state index contributed by atoms with van der Waals surface area (Å²) in [5.41, 5.74) is 1.43. The molecule has 1 unspecified atom stereocenters.